The van der Waals surface area contributed by atoms with E-state index in [1.807, 2.05) is 38.1 Å². The van der Waals surface area contributed by atoms with E-state index in [0.717, 1.165) is 11.3 Å². The van der Waals surface area contributed by atoms with E-state index in [1.165, 1.54) is 12.4 Å². The summed E-state index contributed by atoms with van der Waals surface area (Å²) in [7, 11) is -3.05. The largest absolute Gasteiger partial charge is 0.339 e. The van der Waals surface area contributed by atoms with E-state index in [-0.39, 0.29) is 29.1 Å². The number of aryl methyl sites for hydroxylation is 1. The van der Waals surface area contributed by atoms with Gasteiger partial charge in [0.2, 0.25) is 0 Å². The van der Waals surface area contributed by atoms with Crippen LogP contribution in [-0.4, -0.2) is 53.3 Å². The van der Waals surface area contributed by atoms with Gasteiger partial charge in [-0.15, -0.1) is 0 Å². The number of nitrogens with one attached hydrogen (secondary N) is 1. The lowest BCUT2D eigenvalue weighted by Crippen LogP contribution is -2.41. The smallest absolute Gasteiger partial charge is 0.274 e. The van der Waals surface area contributed by atoms with E-state index in [0.29, 0.717) is 18.8 Å². The quantitative estimate of drug-likeness (QED) is 0.862. The molecule has 1 N–H and O–H groups in total. The lowest BCUT2D eigenvalue weighted by Gasteiger charge is -2.26. The van der Waals surface area contributed by atoms with Gasteiger partial charge in [0.05, 0.1) is 23.9 Å². The topological polar surface area (TPSA) is 92.3 Å². The zero-order valence-electron chi connectivity index (χ0n) is 14.8. The van der Waals surface area contributed by atoms with Crippen molar-refractivity contribution in [1.29, 1.82) is 0 Å². The van der Waals surface area contributed by atoms with Crippen molar-refractivity contribution >= 4 is 27.2 Å². The molecular weight excluding hydrogens is 352 g/mol. The van der Waals surface area contributed by atoms with E-state index >= 15 is 0 Å². The monoisotopic (exact) mass is 374 g/mol. The molecule has 138 valence electrons. The number of rotatable bonds is 5. The summed E-state index contributed by atoms with van der Waals surface area (Å²) in [5, 5.41) is 3.14. The molecule has 26 heavy (non-hydrogen) atoms. The minimum Gasteiger partial charge on any atom is -0.339 e. The van der Waals surface area contributed by atoms with E-state index in [9.17, 15) is 13.2 Å². The van der Waals surface area contributed by atoms with Crippen LogP contribution in [0.15, 0.2) is 36.7 Å². The highest BCUT2D eigenvalue weighted by molar-refractivity contribution is 7.91. The van der Waals surface area contributed by atoms with Crippen LogP contribution in [0, 0.1) is 6.92 Å². The fourth-order valence-corrected chi connectivity index (χ4v) is 4.84. The molecule has 1 aromatic heterocycles. The highest BCUT2D eigenvalue weighted by Gasteiger charge is 2.34. The number of carbonyl (C=O) groups excluding carboxylic acids is 1. The van der Waals surface area contributed by atoms with Crippen LogP contribution in [-0.2, 0) is 9.84 Å². The summed E-state index contributed by atoms with van der Waals surface area (Å²) in [6, 6.07) is 7.57. The summed E-state index contributed by atoms with van der Waals surface area (Å²) in [5.74, 6) is 0.405. The lowest BCUT2D eigenvalue weighted by molar-refractivity contribution is 0.0702. The van der Waals surface area contributed by atoms with Crippen molar-refractivity contribution in [3.05, 3.63) is 47.9 Å². The number of sulfone groups is 1. The molecule has 1 fully saturated rings. The van der Waals surface area contributed by atoms with E-state index < -0.39 is 9.84 Å². The van der Waals surface area contributed by atoms with Crippen LogP contribution < -0.4 is 5.32 Å². The molecule has 1 saturated heterocycles. The molecule has 1 aromatic carbocycles. The van der Waals surface area contributed by atoms with Crippen molar-refractivity contribution < 1.29 is 13.2 Å². The highest BCUT2D eigenvalue weighted by atomic mass is 32.2. The molecule has 1 aliphatic heterocycles. The molecule has 0 spiro atoms. The van der Waals surface area contributed by atoms with Crippen LogP contribution in [0.3, 0.4) is 0 Å². The van der Waals surface area contributed by atoms with Crippen LogP contribution in [0.2, 0.25) is 0 Å². The lowest BCUT2D eigenvalue weighted by atomic mass is 10.2. The van der Waals surface area contributed by atoms with Gasteiger partial charge in [-0.25, -0.2) is 18.4 Å². The molecule has 0 saturated carbocycles. The summed E-state index contributed by atoms with van der Waals surface area (Å²) in [6.07, 6.45) is 3.41. The Kier molecular flexibility index (Phi) is 5.22. The molecule has 1 atom stereocenters. The van der Waals surface area contributed by atoms with E-state index in [1.54, 1.807) is 4.90 Å². The molecule has 1 amide bonds. The van der Waals surface area contributed by atoms with Gasteiger partial charge in [-0.2, -0.15) is 0 Å². The molecule has 1 unspecified atom stereocenters. The maximum Gasteiger partial charge on any atom is 0.274 e. The van der Waals surface area contributed by atoms with Crippen LogP contribution in [0.1, 0.15) is 29.4 Å². The number of benzene rings is 1. The number of carbonyl (C=O) groups is 1. The molecule has 7 nitrogen and oxygen atoms in total. The van der Waals surface area contributed by atoms with Gasteiger partial charge in [-0.3, -0.25) is 4.79 Å². The summed E-state index contributed by atoms with van der Waals surface area (Å²) < 4.78 is 23.4. The number of nitrogens with zero attached hydrogens (tertiary/aromatic N) is 3. The second-order valence-electron chi connectivity index (χ2n) is 6.43. The zero-order valence-corrected chi connectivity index (χ0v) is 15.7. The first-order valence-corrected chi connectivity index (χ1v) is 10.4. The fourth-order valence-electron chi connectivity index (χ4n) is 3.11. The van der Waals surface area contributed by atoms with Crippen molar-refractivity contribution in [2.45, 2.75) is 26.3 Å². The third kappa shape index (κ3) is 4.19. The average Bonchev–Trinajstić information content (AvgIpc) is 2.96. The predicted molar refractivity (Wildman–Crippen MR) is 100 cm³/mol. The van der Waals surface area contributed by atoms with E-state index in [4.69, 9.17) is 0 Å². The third-order valence-electron chi connectivity index (χ3n) is 4.41. The van der Waals surface area contributed by atoms with Crippen LogP contribution >= 0.6 is 0 Å². The van der Waals surface area contributed by atoms with Gasteiger partial charge in [-0.1, -0.05) is 12.1 Å². The Morgan fingerprint density at radius 1 is 1.31 bits per heavy atom. The molecule has 2 aromatic rings. The van der Waals surface area contributed by atoms with Gasteiger partial charge in [0.15, 0.2) is 9.84 Å². The zero-order chi connectivity index (χ0) is 18.7. The Balaban J connectivity index is 1.71. The first-order chi connectivity index (χ1) is 12.4. The molecule has 0 radical (unpaired) electrons. The third-order valence-corrected chi connectivity index (χ3v) is 6.16. The molecule has 8 heteroatoms. The van der Waals surface area contributed by atoms with Crippen LogP contribution in [0.5, 0.6) is 0 Å². The number of anilines is 2. The Hall–Kier alpha value is -2.48. The van der Waals surface area contributed by atoms with Gasteiger partial charge in [0, 0.05) is 18.3 Å². The minimum atomic E-state index is -3.05. The van der Waals surface area contributed by atoms with Crippen molar-refractivity contribution in [3.63, 3.8) is 0 Å². The molecule has 0 aliphatic carbocycles. The summed E-state index contributed by atoms with van der Waals surface area (Å²) >= 11 is 0. The first kappa shape index (κ1) is 18.3. The fraction of sp³-hybridized carbons (Fsp3) is 0.389. The summed E-state index contributed by atoms with van der Waals surface area (Å²) in [6.45, 7) is 4.27. The second kappa shape index (κ2) is 7.41. The molecule has 2 heterocycles. The van der Waals surface area contributed by atoms with Crippen LogP contribution in [0.25, 0.3) is 0 Å². The van der Waals surface area contributed by atoms with Crippen molar-refractivity contribution in [1.82, 2.24) is 14.9 Å². The second-order valence-corrected chi connectivity index (χ2v) is 8.66. The Morgan fingerprint density at radius 2 is 2.12 bits per heavy atom. The van der Waals surface area contributed by atoms with Gasteiger partial charge in [-0.05, 0) is 38.0 Å². The molecular formula is C18H22N4O3S. The van der Waals surface area contributed by atoms with Crippen molar-refractivity contribution in [2.75, 3.05) is 23.4 Å². The van der Waals surface area contributed by atoms with Crippen molar-refractivity contribution in [2.24, 2.45) is 0 Å². The first-order valence-electron chi connectivity index (χ1n) is 8.55. The molecule has 0 bridgehead atoms. The predicted octanol–water partition coefficient (Wildman–Crippen LogP) is 2.18. The van der Waals surface area contributed by atoms with Gasteiger partial charge < -0.3 is 10.2 Å². The maximum absolute atomic E-state index is 12.7. The number of amides is 1. The van der Waals surface area contributed by atoms with Gasteiger partial charge in [0.25, 0.3) is 5.91 Å². The SMILES string of the molecule is CCN(C(=O)c1cnc(Nc2cccc(C)c2)cn1)C1CCS(=O)(=O)C1. The normalized spacial score (nSPS) is 18.5. The molecule has 3 rings (SSSR count). The standard InChI is InChI=1S/C18H22N4O3S/c1-3-22(15-7-8-26(24,25)12-15)18(23)16-10-20-17(11-19-16)21-14-6-4-5-13(2)9-14/h4-6,9-11,15H,3,7-8,12H2,1-2H3,(H,20,21). The molecule has 1 aliphatic rings. The van der Waals surface area contributed by atoms with E-state index in [2.05, 4.69) is 15.3 Å². The van der Waals surface area contributed by atoms with Crippen LogP contribution in [0.4, 0.5) is 11.5 Å². The summed E-state index contributed by atoms with van der Waals surface area (Å²) in [5.41, 5.74) is 2.23. The number of hydrogen-bond donors (Lipinski definition) is 1. The van der Waals surface area contributed by atoms with Gasteiger partial charge >= 0.3 is 0 Å². The Morgan fingerprint density at radius 3 is 2.69 bits per heavy atom. The number of aromatic nitrogens is 2. The van der Waals surface area contributed by atoms with Gasteiger partial charge in [0.1, 0.15) is 11.5 Å². The highest BCUT2D eigenvalue weighted by Crippen LogP contribution is 2.20. The Bertz CT molecular complexity index is 897. The Labute approximate surface area is 153 Å². The summed E-state index contributed by atoms with van der Waals surface area (Å²) in [4.78, 5) is 22.7. The minimum absolute atomic E-state index is 0.0208. The van der Waals surface area contributed by atoms with Crippen molar-refractivity contribution in [3.8, 4) is 0 Å². The average molecular weight is 374 g/mol. The number of hydrogen-bond acceptors (Lipinski definition) is 6. The maximum atomic E-state index is 12.7.